The number of amides is 1. The molecule has 0 aromatic carbocycles. The van der Waals surface area contributed by atoms with Gasteiger partial charge in [0.15, 0.2) is 0 Å². The molecule has 1 unspecified atom stereocenters. The van der Waals surface area contributed by atoms with Crippen molar-refractivity contribution in [2.24, 2.45) is 0 Å². The lowest BCUT2D eigenvalue weighted by Crippen LogP contribution is -2.54. The van der Waals surface area contributed by atoms with Crippen molar-refractivity contribution in [1.29, 1.82) is 0 Å². The van der Waals surface area contributed by atoms with E-state index in [1.165, 1.54) is 18.4 Å². The topological polar surface area (TPSA) is 57.3 Å². The van der Waals surface area contributed by atoms with Gasteiger partial charge in [-0.3, -0.25) is 4.79 Å². The van der Waals surface area contributed by atoms with Crippen molar-refractivity contribution in [3.8, 4) is 0 Å². The molecule has 5 nitrogen and oxygen atoms in total. The summed E-state index contributed by atoms with van der Waals surface area (Å²) in [5, 5.41) is 6.40. The molecule has 0 spiro atoms. The molecule has 1 saturated heterocycles. The van der Waals surface area contributed by atoms with Gasteiger partial charge in [-0.1, -0.05) is 6.07 Å². The Hall–Kier alpha value is -1.62. The predicted octanol–water partition coefficient (Wildman–Crippen LogP) is 0.658. The fourth-order valence-corrected chi connectivity index (χ4v) is 2.44. The highest BCUT2D eigenvalue weighted by atomic mass is 16.2. The first-order valence-electron chi connectivity index (χ1n) is 6.97. The number of piperazine rings is 1. The number of hydrogen-bond donors (Lipinski definition) is 2. The SMILES string of the molecule is CC1C(=O)NCCN1c1ncccc1CNC1CC1. The summed E-state index contributed by atoms with van der Waals surface area (Å²) in [7, 11) is 0. The van der Waals surface area contributed by atoms with E-state index in [0.29, 0.717) is 12.6 Å². The van der Waals surface area contributed by atoms with Crippen LogP contribution in [0.5, 0.6) is 0 Å². The summed E-state index contributed by atoms with van der Waals surface area (Å²) in [6.07, 6.45) is 4.35. The third-order valence-electron chi connectivity index (χ3n) is 3.80. The Kier molecular flexibility index (Phi) is 3.38. The summed E-state index contributed by atoms with van der Waals surface area (Å²) in [5.41, 5.74) is 1.18. The molecule has 1 aromatic heterocycles. The summed E-state index contributed by atoms with van der Waals surface area (Å²) in [6.45, 7) is 4.27. The Bertz CT molecular complexity index is 472. The van der Waals surface area contributed by atoms with Crippen LogP contribution < -0.4 is 15.5 Å². The van der Waals surface area contributed by atoms with Crippen molar-refractivity contribution in [3.05, 3.63) is 23.9 Å². The molecule has 1 aromatic rings. The van der Waals surface area contributed by atoms with Crippen LogP contribution in [0, 0.1) is 0 Å². The molecule has 1 saturated carbocycles. The van der Waals surface area contributed by atoms with Crippen molar-refractivity contribution >= 4 is 11.7 Å². The van der Waals surface area contributed by atoms with Gasteiger partial charge in [0.2, 0.25) is 5.91 Å². The van der Waals surface area contributed by atoms with E-state index in [2.05, 4.69) is 26.6 Å². The molecule has 5 heteroatoms. The van der Waals surface area contributed by atoms with Crippen LogP contribution >= 0.6 is 0 Å². The van der Waals surface area contributed by atoms with E-state index in [9.17, 15) is 4.79 Å². The maximum atomic E-state index is 11.8. The molecule has 0 radical (unpaired) electrons. The summed E-state index contributed by atoms with van der Waals surface area (Å²) in [6, 6.07) is 4.58. The van der Waals surface area contributed by atoms with E-state index < -0.39 is 0 Å². The van der Waals surface area contributed by atoms with Gasteiger partial charge in [-0.05, 0) is 25.8 Å². The van der Waals surface area contributed by atoms with E-state index in [-0.39, 0.29) is 11.9 Å². The minimum absolute atomic E-state index is 0.0815. The lowest BCUT2D eigenvalue weighted by atomic mass is 10.1. The van der Waals surface area contributed by atoms with E-state index in [1.807, 2.05) is 13.0 Å². The maximum absolute atomic E-state index is 11.8. The lowest BCUT2D eigenvalue weighted by molar-refractivity contribution is -0.122. The number of pyridine rings is 1. The molecule has 2 heterocycles. The van der Waals surface area contributed by atoms with E-state index >= 15 is 0 Å². The van der Waals surface area contributed by atoms with Gasteiger partial charge in [-0.25, -0.2) is 4.98 Å². The zero-order chi connectivity index (χ0) is 13.2. The number of aromatic nitrogens is 1. The Labute approximate surface area is 113 Å². The van der Waals surface area contributed by atoms with Gasteiger partial charge >= 0.3 is 0 Å². The van der Waals surface area contributed by atoms with Gasteiger partial charge in [0.25, 0.3) is 0 Å². The molecule has 0 bridgehead atoms. The van der Waals surface area contributed by atoms with Crippen LogP contribution in [0.4, 0.5) is 5.82 Å². The first kappa shape index (κ1) is 12.4. The van der Waals surface area contributed by atoms with Crippen LogP contribution in [0.15, 0.2) is 18.3 Å². The molecule has 2 fully saturated rings. The van der Waals surface area contributed by atoms with Crippen LogP contribution in [-0.2, 0) is 11.3 Å². The minimum atomic E-state index is -0.150. The fourth-order valence-electron chi connectivity index (χ4n) is 2.44. The van der Waals surface area contributed by atoms with E-state index in [1.54, 1.807) is 6.20 Å². The highest BCUT2D eigenvalue weighted by Gasteiger charge is 2.28. The smallest absolute Gasteiger partial charge is 0.242 e. The molecule has 19 heavy (non-hydrogen) atoms. The number of rotatable bonds is 4. The Balaban J connectivity index is 1.79. The molecular weight excluding hydrogens is 240 g/mol. The molecule has 1 atom stereocenters. The van der Waals surface area contributed by atoms with E-state index in [4.69, 9.17) is 0 Å². The standard InChI is InChI=1S/C14H20N4O/c1-10-14(19)16-7-8-18(10)13-11(3-2-6-15-13)9-17-12-4-5-12/h2-3,6,10,12,17H,4-5,7-9H2,1H3,(H,16,19). The number of nitrogens with one attached hydrogen (secondary N) is 2. The van der Waals surface area contributed by atoms with Gasteiger partial charge in [0, 0.05) is 37.4 Å². The Morgan fingerprint density at radius 2 is 2.37 bits per heavy atom. The van der Waals surface area contributed by atoms with Crippen molar-refractivity contribution < 1.29 is 4.79 Å². The van der Waals surface area contributed by atoms with Gasteiger partial charge in [0.1, 0.15) is 11.9 Å². The van der Waals surface area contributed by atoms with Gasteiger partial charge in [0.05, 0.1) is 0 Å². The molecule has 3 rings (SSSR count). The van der Waals surface area contributed by atoms with Crippen LogP contribution in [0.25, 0.3) is 0 Å². The number of nitrogens with zero attached hydrogens (tertiary/aromatic N) is 2. The molecule has 2 N–H and O–H groups in total. The van der Waals surface area contributed by atoms with Crippen LogP contribution in [0.1, 0.15) is 25.3 Å². The summed E-state index contributed by atoms with van der Waals surface area (Å²) in [5.74, 6) is 1.02. The number of hydrogen-bond acceptors (Lipinski definition) is 4. The third kappa shape index (κ3) is 2.71. The first-order valence-corrected chi connectivity index (χ1v) is 6.97. The highest BCUT2D eigenvalue weighted by molar-refractivity contribution is 5.86. The van der Waals surface area contributed by atoms with Crippen molar-refractivity contribution in [2.75, 3.05) is 18.0 Å². The van der Waals surface area contributed by atoms with E-state index in [0.717, 1.165) is 18.9 Å². The van der Waals surface area contributed by atoms with Gasteiger partial charge in [-0.2, -0.15) is 0 Å². The Morgan fingerprint density at radius 1 is 1.53 bits per heavy atom. The molecule has 1 amide bonds. The van der Waals surface area contributed by atoms with Crippen molar-refractivity contribution in [1.82, 2.24) is 15.6 Å². The maximum Gasteiger partial charge on any atom is 0.242 e. The summed E-state index contributed by atoms with van der Waals surface area (Å²) < 4.78 is 0. The van der Waals surface area contributed by atoms with Crippen LogP contribution in [0.3, 0.4) is 0 Å². The van der Waals surface area contributed by atoms with Gasteiger partial charge in [-0.15, -0.1) is 0 Å². The van der Waals surface area contributed by atoms with Crippen molar-refractivity contribution in [2.45, 2.75) is 38.4 Å². The lowest BCUT2D eigenvalue weighted by Gasteiger charge is -2.34. The highest BCUT2D eigenvalue weighted by Crippen LogP contribution is 2.23. The second-order valence-corrected chi connectivity index (χ2v) is 5.30. The molecular formula is C14H20N4O. The monoisotopic (exact) mass is 260 g/mol. The number of carbonyl (C=O) groups is 1. The summed E-state index contributed by atoms with van der Waals surface area (Å²) >= 11 is 0. The molecule has 102 valence electrons. The van der Waals surface area contributed by atoms with Crippen molar-refractivity contribution in [3.63, 3.8) is 0 Å². The number of anilines is 1. The third-order valence-corrected chi connectivity index (χ3v) is 3.80. The quantitative estimate of drug-likeness (QED) is 0.835. The zero-order valence-electron chi connectivity index (χ0n) is 11.2. The molecule has 2 aliphatic rings. The Morgan fingerprint density at radius 3 is 3.16 bits per heavy atom. The first-order chi connectivity index (χ1) is 9.25. The molecule has 1 aliphatic heterocycles. The largest absolute Gasteiger partial charge is 0.353 e. The average molecular weight is 260 g/mol. The fraction of sp³-hybridized carbons (Fsp3) is 0.571. The van der Waals surface area contributed by atoms with Gasteiger partial charge < -0.3 is 15.5 Å². The normalized spacial score (nSPS) is 23.3. The second kappa shape index (κ2) is 5.17. The molecule has 1 aliphatic carbocycles. The summed E-state index contributed by atoms with van der Waals surface area (Å²) in [4.78, 5) is 18.4. The minimum Gasteiger partial charge on any atom is -0.353 e. The predicted molar refractivity (Wildman–Crippen MR) is 73.9 cm³/mol. The van der Waals surface area contributed by atoms with Crippen LogP contribution in [0.2, 0.25) is 0 Å². The second-order valence-electron chi connectivity index (χ2n) is 5.30. The number of carbonyl (C=O) groups excluding carboxylic acids is 1. The average Bonchev–Trinajstić information content (AvgIpc) is 3.24. The van der Waals surface area contributed by atoms with Crippen LogP contribution in [-0.4, -0.2) is 36.1 Å². The zero-order valence-corrected chi connectivity index (χ0v) is 11.2.